The molecule has 25 heavy (non-hydrogen) atoms. The van der Waals surface area contributed by atoms with Crippen LogP contribution in [0.1, 0.15) is 13.3 Å². The first-order valence-electron chi connectivity index (χ1n) is 8.30. The van der Waals surface area contributed by atoms with Crippen LogP contribution in [0.2, 0.25) is 0 Å². The van der Waals surface area contributed by atoms with Gasteiger partial charge in [0, 0.05) is 11.5 Å². The van der Waals surface area contributed by atoms with Crippen LogP contribution in [0.3, 0.4) is 0 Å². The summed E-state index contributed by atoms with van der Waals surface area (Å²) in [4.78, 5) is 12.1. The van der Waals surface area contributed by atoms with Crippen LogP contribution >= 0.6 is 0 Å². The van der Waals surface area contributed by atoms with Crippen LogP contribution in [0.4, 0.5) is 0 Å². The van der Waals surface area contributed by atoms with Crippen LogP contribution in [0.15, 0.2) is 66.7 Å². The molecule has 3 aromatic rings. The zero-order chi connectivity index (χ0) is 17.5. The molecule has 0 bridgehead atoms. The van der Waals surface area contributed by atoms with E-state index in [2.05, 4.69) is 0 Å². The summed E-state index contributed by atoms with van der Waals surface area (Å²) < 4.78 is 16.5. The zero-order valence-corrected chi connectivity index (χ0v) is 14.1. The second kappa shape index (κ2) is 8.20. The van der Waals surface area contributed by atoms with E-state index in [1.807, 2.05) is 55.5 Å². The Labute approximate surface area is 146 Å². The predicted octanol–water partition coefficient (Wildman–Crippen LogP) is 4.61. The van der Waals surface area contributed by atoms with Gasteiger partial charge in [0.15, 0.2) is 6.61 Å². The van der Waals surface area contributed by atoms with E-state index in [0.717, 1.165) is 22.9 Å². The molecule has 4 nitrogen and oxygen atoms in total. The summed E-state index contributed by atoms with van der Waals surface area (Å²) in [6.07, 6.45) is 0.933. The van der Waals surface area contributed by atoms with E-state index in [1.54, 1.807) is 18.2 Å². The molecule has 0 radical (unpaired) electrons. The van der Waals surface area contributed by atoms with Crippen LogP contribution in [0, 0.1) is 0 Å². The molecule has 0 saturated heterocycles. The third-order valence-electron chi connectivity index (χ3n) is 3.61. The van der Waals surface area contributed by atoms with Gasteiger partial charge in [0.05, 0.1) is 6.61 Å². The summed E-state index contributed by atoms with van der Waals surface area (Å²) in [5.41, 5.74) is 0. The Bertz CT molecular complexity index is 852. The minimum Gasteiger partial charge on any atom is -0.493 e. The Kier molecular flexibility index (Phi) is 5.52. The van der Waals surface area contributed by atoms with Gasteiger partial charge in [-0.05, 0) is 30.0 Å². The Morgan fingerprint density at radius 1 is 0.880 bits per heavy atom. The topological polar surface area (TPSA) is 44.8 Å². The molecule has 0 aromatic heterocycles. The monoisotopic (exact) mass is 336 g/mol. The lowest BCUT2D eigenvalue weighted by molar-refractivity contribution is -0.136. The Hall–Kier alpha value is -3.01. The standard InChI is InChI=1S/C21H20O4/c1-2-13-23-17-9-6-10-18(14-17)24-15-21(22)25-20-12-5-8-16-7-3-4-11-19(16)20/h3-12,14H,2,13,15H2,1H3. The van der Waals surface area contributed by atoms with Crippen LogP contribution in [0.25, 0.3) is 10.8 Å². The molecule has 0 fully saturated rings. The molecule has 3 rings (SSSR count). The lowest BCUT2D eigenvalue weighted by atomic mass is 10.1. The largest absolute Gasteiger partial charge is 0.493 e. The fourth-order valence-corrected chi connectivity index (χ4v) is 2.45. The van der Waals surface area contributed by atoms with E-state index < -0.39 is 5.97 Å². The molecule has 0 saturated carbocycles. The van der Waals surface area contributed by atoms with Crippen molar-refractivity contribution in [2.75, 3.05) is 13.2 Å². The number of ether oxygens (including phenoxy) is 3. The Morgan fingerprint density at radius 3 is 2.44 bits per heavy atom. The molecule has 0 heterocycles. The summed E-state index contributed by atoms with van der Waals surface area (Å²) in [6, 6.07) is 20.6. The minimum atomic E-state index is -0.448. The third-order valence-corrected chi connectivity index (χ3v) is 3.61. The molecular weight excluding hydrogens is 316 g/mol. The smallest absolute Gasteiger partial charge is 0.349 e. The summed E-state index contributed by atoms with van der Waals surface area (Å²) in [5.74, 6) is 1.38. The molecule has 0 atom stereocenters. The molecule has 0 N–H and O–H groups in total. The fourth-order valence-electron chi connectivity index (χ4n) is 2.45. The summed E-state index contributed by atoms with van der Waals surface area (Å²) >= 11 is 0. The number of carbonyl (C=O) groups is 1. The summed E-state index contributed by atoms with van der Waals surface area (Å²) in [7, 11) is 0. The van der Waals surface area contributed by atoms with E-state index in [9.17, 15) is 4.79 Å². The third kappa shape index (κ3) is 4.51. The second-order valence-corrected chi connectivity index (χ2v) is 5.56. The quantitative estimate of drug-likeness (QED) is 0.467. The maximum Gasteiger partial charge on any atom is 0.349 e. The van der Waals surface area contributed by atoms with Gasteiger partial charge in [-0.3, -0.25) is 0 Å². The predicted molar refractivity (Wildman–Crippen MR) is 97.3 cm³/mol. The number of hydrogen-bond acceptors (Lipinski definition) is 4. The van der Waals surface area contributed by atoms with Crippen LogP contribution in [0.5, 0.6) is 17.2 Å². The highest BCUT2D eigenvalue weighted by Gasteiger charge is 2.09. The van der Waals surface area contributed by atoms with Crippen molar-refractivity contribution in [1.29, 1.82) is 0 Å². The number of esters is 1. The first-order chi connectivity index (χ1) is 12.3. The minimum absolute atomic E-state index is 0.166. The van der Waals surface area contributed by atoms with Gasteiger partial charge in [-0.2, -0.15) is 0 Å². The molecule has 0 amide bonds. The molecule has 4 heteroatoms. The maximum absolute atomic E-state index is 12.1. The van der Waals surface area contributed by atoms with Crippen molar-refractivity contribution in [2.45, 2.75) is 13.3 Å². The highest BCUT2D eigenvalue weighted by molar-refractivity contribution is 5.90. The van der Waals surface area contributed by atoms with Gasteiger partial charge in [0.1, 0.15) is 17.2 Å². The van der Waals surface area contributed by atoms with Gasteiger partial charge in [-0.1, -0.05) is 49.4 Å². The van der Waals surface area contributed by atoms with Gasteiger partial charge in [0.2, 0.25) is 0 Å². The van der Waals surface area contributed by atoms with Crippen molar-refractivity contribution in [1.82, 2.24) is 0 Å². The average Bonchev–Trinajstić information content (AvgIpc) is 2.65. The van der Waals surface area contributed by atoms with E-state index in [4.69, 9.17) is 14.2 Å². The van der Waals surface area contributed by atoms with Crippen LogP contribution in [-0.4, -0.2) is 19.2 Å². The van der Waals surface area contributed by atoms with Crippen molar-refractivity contribution < 1.29 is 19.0 Å². The molecular formula is C21H20O4. The van der Waals surface area contributed by atoms with E-state index >= 15 is 0 Å². The molecule has 0 unspecified atom stereocenters. The van der Waals surface area contributed by atoms with Crippen molar-refractivity contribution in [2.24, 2.45) is 0 Å². The van der Waals surface area contributed by atoms with Gasteiger partial charge in [-0.25, -0.2) is 4.79 Å². The summed E-state index contributed by atoms with van der Waals surface area (Å²) in [5, 5.41) is 1.92. The van der Waals surface area contributed by atoms with E-state index in [0.29, 0.717) is 18.1 Å². The number of fused-ring (bicyclic) bond motifs is 1. The van der Waals surface area contributed by atoms with Crippen molar-refractivity contribution >= 4 is 16.7 Å². The normalized spacial score (nSPS) is 10.4. The molecule has 128 valence electrons. The number of benzene rings is 3. The highest BCUT2D eigenvalue weighted by Crippen LogP contribution is 2.25. The lowest BCUT2D eigenvalue weighted by Gasteiger charge is -2.10. The number of carbonyl (C=O) groups excluding carboxylic acids is 1. The number of rotatable bonds is 7. The van der Waals surface area contributed by atoms with Crippen molar-refractivity contribution in [3.8, 4) is 17.2 Å². The van der Waals surface area contributed by atoms with Crippen LogP contribution < -0.4 is 14.2 Å². The Morgan fingerprint density at radius 2 is 1.60 bits per heavy atom. The molecule has 3 aromatic carbocycles. The summed E-state index contributed by atoms with van der Waals surface area (Å²) in [6.45, 7) is 2.52. The lowest BCUT2D eigenvalue weighted by Crippen LogP contribution is -2.17. The van der Waals surface area contributed by atoms with Crippen LogP contribution in [-0.2, 0) is 4.79 Å². The first-order valence-corrected chi connectivity index (χ1v) is 8.30. The van der Waals surface area contributed by atoms with E-state index in [-0.39, 0.29) is 6.61 Å². The number of hydrogen-bond donors (Lipinski definition) is 0. The van der Waals surface area contributed by atoms with Gasteiger partial charge in [0.25, 0.3) is 0 Å². The molecule has 0 aliphatic heterocycles. The Balaban J connectivity index is 1.61. The molecule has 0 aliphatic rings. The molecule has 0 aliphatic carbocycles. The average molecular weight is 336 g/mol. The van der Waals surface area contributed by atoms with Gasteiger partial charge < -0.3 is 14.2 Å². The molecule has 0 spiro atoms. The van der Waals surface area contributed by atoms with Crippen molar-refractivity contribution in [3.63, 3.8) is 0 Å². The maximum atomic E-state index is 12.1. The SMILES string of the molecule is CCCOc1cccc(OCC(=O)Oc2cccc3ccccc23)c1. The van der Waals surface area contributed by atoms with Crippen molar-refractivity contribution in [3.05, 3.63) is 66.7 Å². The first kappa shape index (κ1) is 16.8. The van der Waals surface area contributed by atoms with Gasteiger partial charge in [-0.15, -0.1) is 0 Å². The van der Waals surface area contributed by atoms with Gasteiger partial charge >= 0.3 is 5.97 Å². The zero-order valence-electron chi connectivity index (χ0n) is 14.1. The highest BCUT2D eigenvalue weighted by atomic mass is 16.6. The fraction of sp³-hybridized carbons (Fsp3) is 0.190. The van der Waals surface area contributed by atoms with E-state index in [1.165, 1.54) is 0 Å². The second-order valence-electron chi connectivity index (χ2n) is 5.56.